The van der Waals surface area contributed by atoms with Crippen molar-refractivity contribution >= 4 is 28.4 Å². The van der Waals surface area contributed by atoms with E-state index in [0.29, 0.717) is 11.1 Å². The Morgan fingerprint density at radius 3 is 2.71 bits per heavy atom. The highest BCUT2D eigenvalue weighted by Crippen LogP contribution is 2.25. The van der Waals surface area contributed by atoms with E-state index >= 15 is 0 Å². The summed E-state index contributed by atoms with van der Waals surface area (Å²) in [6.07, 6.45) is 0.932. The summed E-state index contributed by atoms with van der Waals surface area (Å²) >= 11 is 5.92. The molecule has 3 aromatic rings. The van der Waals surface area contributed by atoms with Crippen LogP contribution in [0.3, 0.4) is 0 Å². The van der Waals surface area contributed by atoms with Gasteiger partial charge >= 0.3 is 5.76 Å². The fourth-order valence-electron chi connectivity index (χ4n) is 2.36. The Morgan fingerprint density at radius 2 is 2.00 bits per heavy atom. The molecule has 0 amide bonds. The van der Waals surface area contributed by atoms with E-state index in [-0.39, 0.29) is 6.04 Å². The largest absolute Gasteiger partial charge is 0.417 e. The molecule has 1 unspecified atom stereocenters. The number of aromatic nitrogens is 1. The second-order valence-corrected chi connectivity index (χ2v) is 5.32. The van der Waals surface area contributed by atoms with E-state index in [1.807, 2.05) is 36.4 Å². The topological polar surface area (TPSA) is 58.0 Å². The van der Waals surface area contributed by atoms with E-state index in [2.05, 4.69) is 17.2 Å². The van der Waals surface area contributed by atoms with Gasteiger partial charge in [0.1, 0.15) is 0 Å². The molecule has 0 fully saturated rings. The predicted octanol–water partition coefficient (Wildman–Crippen LogP) is 4.34. The number of fused-ring (bicyclic) bond motifs is 1. The van der Waals surface area contributed by atoms with Gasteiger partial charge in [-0.15, -0.1) is 0 Å². The normalized spacial score (nSPS) is 12.5. The van der Waals surface area contributed by atoms with Crippen LogP contribution >= 0.6 is 11.6 Å². The van der Waals surface area contributed by atoms with Gasteiger partial charge in [0.25, 0.3) is 0 Å². The Hall–Kier alpha value is -2.20. The van der Waals surface area contributed by atoms with Gasteiger partial charge in [0.05, 0.1) is 11.6 Å². The molecule has 1 aromatic heterocycles. The van der Waals surface area contributed by atoms with Crippen molar-refractivity contribution in [2.75, 3.05) is 5.32 Å². The van der Waals surface area contributed by atoms with Gasteiger partial charge < -0.3 is 9.73 Å². The van der Waals surface area contributed by atoms with Gasteiger partial charge in [-0.25, -0.2) is 4.79 Å². The number of benzene rings is 2. The minimum atomic E-state index is -0.438. The smallest absolute Gasteiger partial charge is 0.408 e. The van der Waals surface area contributed by atoms with Gasteiger partial charge in [-0.05, 0) is 42.3 Å². The molecule has 1 atom stereocenters. The number of nitrogens with one attached hydrogen (secondary N) is 2. The average molecular weight is 303 g/mol. The van der Waals surface area contributed by atoms with Crippen LogP contribution in [0.5, 0.6) is 0 Å². The molecule has 0 saturated carbocycles. The molecule has 5 heteroatoms. The monoisotopic (exact) mass is 302 g/mol. The number of oxazole rings is 1. The molecule has 21 heavy (non-hydrogen) atoms. The first-order chi connectivity index (χ1) is 10.2. The average Bonchev–Trinajstić information content (AvgIpc) is 2.85. The molecule has 2 aromatic carbocycles. The number of aromatic amines is 1. The number of hydrogen-bond donors (Lipinski definition) is 2. The summed E-state index contributed by atoms with van der Waals surface area (Å²) in [6.45, 7) is 2.12. The maximum atomic E-state index is 11.2. The summed E-state index contributed by atoms with van der Waals surface area (Å²) in [4.78, 5) is 13.8. The van der Waals surface area contributed by atoms with Crippen molar-refractivity contribution in [1.29, 1.82) is 0 Å². The van der Waals surface area contributed by atoms with E-state index in [4.69, 9.17) is 16.0 Å². The fraction of sp³-hybridized carbons (Fsp3) is 0.188. The van der Waals surface area contributed by atoms with Crippen LogP contribution in [-0.2, 0) is 0 Å². The van der Waals surface area contributed by atoms with Crippen molar-refractivity contribution in [1.82, 2.24) is 4.98 Å². The van der Waals surface area contributed by atoms with Gasteiger partial charge in [-0.2, -0.15) is 0 Å². The molecule has 0 aliphatic carbocycles. The van der Waals surface area contributed by atoms with Crippen molar-refractivity contribution in [2.45, 2.75) is 19.4 Å². The van der Waals surface area contributed by atoms with Crippen LogP contribution in [0.2, 0.25) is 5.02 Å². The molecule has 0 radical (unpaired) electrons. The minimum Gasteiger partial charge on any atom is -0.408 e. The maximum Gasteiger partial charge on any atom is 0.417 e. The summed E-state index contributed by atoms with van der Waals surface area (Å²) in [6, 6.07) is 13.5. The lowest BCUT2D eigenvalue weighted by atomic mass is 10.0. The summed E-state index contributed by atoms with van der Waals surface area (Å²) in [5, 5.41) is 4.19. The molecule has 2 N–H and O–H groups in total. The van der Waals surface area contributed by atoms with Gasteiger partial charge in [0.2, 0.25) is 0 Å². The third-order valence-corrected chi connectivity index (χ3v) is 3.69. The number of hydrogen-bond acceptors (Lipinski definition) is 3. The highest BCUT2D eigenvalue weighted by Gasteiger charge is 2.10. The van der Waals surface area contributed by atoms with Gasteiger partial charge in [-0.1, -0.05) is 30.7 Å². The zero-order chi connectivity index (χ0) is 14.8. The first-order valence-electron chi connectivity index (χ1n) is 6.80. The van der Waals surface area contributed by atoms with Gasteiger partial charge in [0.15, 0.2) is 5.58 Å². The van der Waals surface area contributed by atoms with Crippen LogP contribution in [0.1, 0.15) is 24.9 Å². The lowest BCUT2D eigenvalue weighted by Gasteiger charge is -2.18. The van der Waals surface area contributed by atoms with E-state index in [1.54, 1.807) is 6.07 Å². The third-order valence-electron chi connectivity index (χ3n) is 3.44. The first-order valence-corrected chi connectivity index (χ1v) is 7.18. The Balaban J connectivity index is 1.87. The quantitative estimate of drug-likeness (QED) is 0.754. The van der Waals surface area contributed by atoms with Crippen molar-refractivity contribution in [2.24, 2.45) is 0 Å². The second kappa shape index (κ2) is 5.66. The van der Waals surface area contributed by atoms with Crippen LogP contribution in [0, 0.1) is 0 Å². The number of halogens is 1. The molecule has 0 aliphatic heterocycles. The van der Waals surface area contributed by atoms with Crippen molar-refractivity contribution < 1.29 is 4.42 Å². The molecule has 3 rings (SSSR count). The van der Waals surface area contributed by atoms with Crippen LogP contribution in [-0.4, -0.2) is 4.98 Å². The van der Waals surface area contributed by atoms with Crippen LogP contribution in [0.25, 0.3) is 11.1 Å². The maximum absolute atomic E-state index is 11.2. The zero-order valence-corrected chi connectivity index (χ0v) is 12.3. The zero-order valence-electron chi connectivity index (χ0n) is 11.5. The van der Waals surface area contributed by atoms with Gasteiger partial charge in [-0.3, -0.25) is 4.98 Å². The molecule has 0 aliphatic rings. The molecule has 108 valence electrons. The Morgan fingerprint density at radius 1 is 1.24 bits per heavy atom. The van der Waals surface area contributed by atoms with Crippen molar-refractivity contribution in [3.63, 3.8) is 0 Å². The highest BCUT2D eigenvalue weighted by molar-refractivity contribution is 6.30. The number of anilines is 1. The second-order valence-electron chi connectivity index (χ2n) is 4.88. The minimum absolute atomic E-state index is 0.179. The number of rotatable bonds is 4. The molecular weight excluding hydrogens is 288 g/mol. The third kappa shape index (κ3) is 2.95. The van der Waals surface area contributed by atoms with Crippen molar-refractivity contribution in [3.8, 4) is 0 Å². The summed E-state index contributed by atoms with van der Waals surface area (Å²) < 4.78 is 5.00. The fourth-order valence-corrected chi connectivity index (χ4v) is 2.49. The van der Waals surface area contributed by atoms with E-state index in [0.717, 1.165) is 17.1 Å². The lowest BCUT2D eigenvalue weighted by Crippen LogP contribution is -2.09. The molecular formula is C16H15ClN2O2. The summed E-state index contributed by atoms with van der Waals surface area (Å²) in [5.74, 6) is -0.438. The molecule has 4 nitrogen and oxygen atoms in total. The van der Waals surface area contributed by atoms with Crippen LogP contribution in [0.4, 0.5) is 5.69 Å². The summed E-state index contributed by atoms with van der Waals surface area (Å²) in [5.41, 5.74) is 3.35. The Labute approximate surface area is 126 Å². The SMILES string of the molecule is CCC(Nc1ccc2oc(=O)[nH]c2c1)c1ccc(Cl)cc1. The van der Waals surface area contributed by atoms with Gasteiger partial charge in [0, 0.05) is 10.7 Å². The molecule has 1 heterocycles. The van der Waals surface area contributed by atoms with Crippen LogP contribution in [0.15, 0.2) is 51.7 Å². The summed E-state index contributed by atoms with van der Waals surface area (Å²) in [7, 11) is 0. The molecule has 0 bridgehead atoms. The first kappa shape index (κ1) is 13.8. The Bertz CT molecular complexity index is 805. The van der Waals surface area contributed by atoms with E-state index in [9.17, 15) is 4.79 Å². The van der Waals surface area contributed by atoms with Crippen LogP contribution < -0.4 is 11.1 Å². The lowest BCUT2D eigenvalue weighted by molar-refractivity contribution is 0.555. The molecule has 0 saturated heterocycles. The predicted molar refractivity (Wildman–Crippen MR) is 84.9 cm³/mol. The standard InChI is InChI=1S/C16H15ClN2O2/c1-2-13(10-3-5-11(17)6-4-10)18-12-7-8-15-14(9-12)19-16(20)21-15/h3-9,13,18H,2H2,1H3,(H,19,20). The van der Waals surface area contributed by atoms with Crippen molar-refractivity contribution in [3.05, 3.63) is 63.6 Å². The highest BCUT2D eigenvalue weighted by atomic mass is 35.5. The Kier molecular flexibility index (Phi) is 3.71. The number of H-pyrrole nitrogens is 1. The van der Waals surface area contributed by atoms with E-state index in [1.165, 1.54) is 5.56 Å². The van der Waals surface area contributed by atoms with E-state index < -0.39 is 5.76 Å². The molecule has 0 spiro atoms.